The first-order chi connectivity index (χ1) is 12.1. The number of carbonyl (C=O) groups excluding carboxylic acids is 1. The number of rotatable bonds is 9. The van der Waals surface area contributed by atoms with Gasteiger partial charge in [0.15, 0.2) is 11.5 Å². The highest BCUT2D eigenvalue weighted by atomic mass is 35.5. The van der Waals surface area contributed by atoms with Crippen molar-refractivity contribution in [3.63, 3.8) is 0 Å². The van der Waals surface area contributed by atoms with Crippen molar-refractivity contribution in [3.05, 3.63) is 58.6 Å². The Kier molecular flexibility index (Phi) is 7.61. The van der Waals surface area contributed by atoms with Crippen LogP contribution in [0.5, 0.6) is 11.5 Å². The Labute approximate surface area is 154 Å². The van der Waals surface area contributed by atoms with E-state index >= 15 is 0 Å². The van der Waals surface area contributed by atoms with Crippen molar-refractivity contribution >= 4 is 17.5 Å². The Morgan fingerprint density at radius 1 is 1.04 bits per heavy atom. The van der Waals surface area contributed by atoms with Gasteiger partial charge in [-0.25, -0.2) is 0 Å². The first kappa shape index (κ1) is 19.1. The molecule has 0 aliphatic rings. The lowest BCUT2D eigenvalue weighted by Gasteiger charge is -2.10. The molecule has 0 aliphatic heterocycles. The number of aryl methyl sites for hydroxylation is 2. The minimum atomic E-state index is 0.0484. The maximum Gasteiger partial charge on any atom is 0.220 e. The average Bonchev–Trinajstić information content (AvgIpc) is 2.64. The van der Waals surface area contributed by atoms with Crippen LogP contribution in [0.1, 0.15) is 24.0 Å². The maximum atomic E-state index is 11.9. The summed E-state index contributed by atoms with van der Waals surface area (Å²) in [6.07, 6.45) is 2.83. The smallest absolute Gasteiger partial charge is 0.220 e. The molecule has 134 valence electrons. The van der Waals surface area contributed by atoms with Crippen molar-refractivity contribution in [1.29, 1.82) is 0 Å². The van der Waals surface area contributed by atoms with E-state index in [4.69, 9.17) is 21.1 Å². The number of amides is 1. The second-order valence-electron chi connectivity index (χ2n) is 5.73. The summed E-state index contributed by atoms with van der Waals surface area (Å²) in [7, 11) is 3.25. The SMILES string of the molecule is COc1ccc(CCCNC(=O)CCc2ccccc2Cl)cc1OC. The van der Waals surface area contributed by atoms with Gasteiger partial charge in [-0.1, -0.05) is 35.9 Å². The van der Waals surface area contributed by atoms with Gasteiger partial charge in [-0.05, 0) is 48.6 Å². The lowest BCUT2D eigenvalue weighted by Crippen LogP contribution is -2.25. The highest BCUT2D eigenvalue weighted by Gasteiger charge is 2.06. The fraction of sp³-hybridized carbons (Fsp3) is 0.350. The molecule has 4 nitrogen and oxygen atoms in total. The molecule has 0 heterocycles. The monoisotopic (exact) mass is 361 g/mol. The number of carbonyl (C=O) groups is 1. The topological polar surface area (TPSA) is 47.6 Å². The Morgan fingerprint density at radius 2 is 1.80 bits per heavy atom. The van der Waals surface area contributed by atoms with Crippen molar-refractivity contribution in [1.82, 2.24) is 5.32 Å². The van der Waals surface area contributed by atoms with Crippen molar-refractivity contribution in [3.8, 4) is 11.5 Å². The molecule has 2 rings (SSSR count). The Morgan fingerprint density at radius 3 is 2.52 bits per heavy atom. The first-order valence-corrected chi connectivity index (χ1v) is 8.73. The van der Waals surface area contributed by atoms with Gasteiger partial charge in [-0.3, -0.25) is 4.79 Å². The zero-order chi connectivity index (χ0) is 18.1. The number of benzene rings is 2. The molecule has 1 amide bonds. The van der Waals surface area contributed by atoms with E-state index in [2.05, 4.69) is 5.32 Å². The summed E-state index contributed by atoms with van der Waals surface area (Å²) in [4.78, 5) is 11.9. The molecule has 0 spiro atoms. The lowest BCUT2D eigenvalue weighted by molar-refractivity contribution is -0.121. The number of nitrogens with one attached hydrogen (secondary N) is 1. The quantitative estimate of drug-likeness (QED) is 0.686. The van der Waals surface area contributed by atoms with Crippen LogP contribution in [-0.2, 0) is 17.6 Å². The molecule has 0 radical (unpaired) electrons. The first-order valence-electron chi connectivity index (χ1n) is 8.35. The van der Waals surface area contributed by atoms with Gasteiger partial charge >= 0.3 is 0 Å². The lowest BCUT2D eigenvalue weighted by atomic mass is 10.1. The Hall–Kier alpha value is -2.20. The average molecular weight is 362 g/mol. The van der Waals surface area contributed by atoms with Crippen LogP contribution in [-0.4, -0.2) is 26.7 Å². The molecule has 0 aliphatic carbocycles. The Bertz CT molecular complexity index is 703. The molecule has 0 aromatic heterocycles. The zero-order valence-electron chi connectivity index (χ0n) is 14.7. The van der Waals surface area contributed by atoms with E-state index < -0.39 is 0 Å². The number of ether oxygens (including phenoxy) is 2. The predicted molar refractivity (Wildman–Crippen MR) is 101 cm³/mol. The van der Waals surface area contributed by atoms with Gasteiger partial charge in [0.25, 0.3) is 0 Å². The second-order valence-corrected chi connectivity index (χ2v) is 6.14. The van der Waals surface area contributed by atoms with Crippen molar-refractivity contribution in [2.24, 2.45) is 0 Å². The molecule has 0 saturated carbocycles. The molecule has 0 unspecified atom stereocenters. The van der Waals surface area contributed by atoms with E-state index in [1.165, 1.54) is 0 Å². The van der Waals surface area contributed by atoms with Gasteiger partial charge in [-0.15, -0.1) is 0 Å². The van der Waals surface area contributed by atoms with Gasteiger partial charge in [-0.2, -0.15) is 0 Å². The van der Waals surface area contributed by atoms with Crippen LogP contribution in [0.4, 0.5) is 0 Å². The number of halogens is 1. The highest BCUT2D eigenvalue weighted by Crippen LogP contribution is 2.27. The molecule has 0 fully saturated rings. The van der Waals surface area contributed by atoms with Gasteiger partial charge in [0.1, 0.15) is 0 Å². The van der Waals surface area contributed by atoms with Crippen LogP contribution in [0.2, 0.25) is 5.02 Å². The van der Waals surface area contributed by atoms with Gasteiger partial charge in [0.2, 0.25) is 5.91 Å². The van der Waals surface area contributed by atoms with E-state index in [1.807, 2.05) is 42.5 Å². The third kappa shape index (κ3) is 5.98. The van der Waals surface area contributed by atoms with Gasteiger partial charge in [0.05, 0.1) is 14.2 Å². The summed E-state index contributed by atoms with van der Waals surface area (Å²) in [6, 6.07) is 13.5. The van der Waals surface area contributed by atoms with Crippen molar-refractivity contribution in [2.75, 3.05) is 20.8 Å². The van der Waals surface area contributed by atoms with Crippen LogP contribution in [0.3, 0.4) is 0 Å². The number of hydrogen-bond donors (Lipinski definition) is 1. The summed E-state index contributed by atoms with van der Waals surface area (Å²) in [5, 5.41) is 3.67. The van der Waals surface area contributed by atoms with Gasteiger partial charge < -0.3 is 14.8 Å². The molecule has 0 atom stereocenters. The van der Waals surface area contributed by atoms with Crippen LogP contribution in [0, 0.1) is 0 Å². The van der Waals surface area contributed by atoms with E-state index in [0.717, 1.165) is 35.5 Å². The molecule has 2 aromatic carbocycles. The van der Waals surface area contributed by atoms with Crippen LogP contribution in [0.25, 0.3) is 0 Å². The number of hydrogen-bond acceptors (Lipinski definition) is 3. The summed E-state index contributed by atoms with van der Waals surface area (Å²) >= 11 is 6.10. The van der Waals surface area contributed by atoms with Crippen LogP contribution < -0.4 is 14.8 Å². The summed E-state index contributed by atoms with van der Waals surface area (Å²) in [5.41, 5.74) is 2.16. The van der Waals surface area contributed by atoms with Crippen molar-refractivity contribution in [2.45, 2.75) is 25.7 Å². The van der Waals surface area contributed by atoms with Crippen LogP contribution >= 0.6 is 11.6 Å². The normalized spacial score (nSPS) is 10.4. The zero-order valence-corrected chi connectivity index (χ0v) is 15.4. The highest BCUT2D eigenvalue weighted by molar-refractivity contribution is 6.31. The minimum Gasteiger partial charge on any atom is -0.493 e. The van der Waals surface area contributed by atoms with E-state index in [1.54, 1.807) is 14.2 Å². The molecule has 1 N–H and O–H groups in total. The molecular formula is C20H24ClNO3. The summed E-state index contributed by atoms with van der Waals surface area (Å²) < 4.78 is 10.5. The minimum absolute atomic E-state index is 0.0484. The van der Waals surface area contributed by atoms with E-state index in [0.29, 0.717) is 24.4 Å². The predicted octanol–water partition coefficient (Wildman–Crippen LogP) is 4.04. The maximum absolute atomic E-state index is 11.9. The third-order valence-corrected chi connectivity index (χ3v) is 4.36. The molecule has 2 aromatic rings. The van der Waals surface area contributed by atoms with Gasteiger partial charge in [0, 0.05) is 18.0 Å². The molecular weight excluding hydrogens is 338 g/mol. The largest absolute Gasteiger partial charge is 0.493 e. The fourth-order valence-electron chi connectivity index (χ4n) is 2.59. The van der Waals surface area contributed by atoms with Crippen LogP contribution in [0.15, 0.2) is 42.5 Å². The molecule has 0 bridgehead atoms. The molecule has 5 heteroatoms. The molecule has 0 saturated heterocycles. The van der Waals surface area contributed by atoms with E-state index in [-0.39, 0.29) is 5.91 Å². The Balaban J connectivity index is 1.70. The standard InChI is InChI=1S/C20H24ClNO3/c1-24-18-11-9-15(14-19(18)25-2)6-5-13-22-20(23)12-10-16-7-3-4-8-17(16)21/h3-4,7-9,11,14H,5-6,10,12-13H2,1-2H3,(H,22,23). The summed E-state index contributed by atoms with van der Waals surface area (Å²) in [6.45, 7) is 0.649. The van der Waals surface area contributed by atoms with Crippen molar-refractivity contribution < 1.29 is 14.3 Å². The van der Waals surface area contributed by atoms with E-state index in [9.17, 15) is 4.79 Å². The number of methoxy groups -OCH3 is 2. The second kappa shape index (κ2) is 9.94. The fourth-order valence-corrected chi connectivity index (χ4v) is 2.82. The summed E-state index contributed by atoms with van der Waals surface area (Å²) in [5.74, 6) is 1.50. The third-order valence-electron chi connectivity index (χ3n) is 3.99. The molecule has 25 heavy (non-hydrogen) atoms.